The van der Waals surface area contributed by atoms with Gasteiger partial charge in [-0.15, -0.1) is 0 Å². The van der Waals surface area contributed by atoms with Gasteiger partial charge in [0.2, 0.25) is 0 Å². The van der Waals surface area contributed by atoms with Crippen molar-refractivity contribution in [3.8, 4) is 0 Å². The van der Waals surface area contributed by atoms with Gasteiger partial charge in [-0.3, -0.25) is 0 Å². The molecule has 1 fully saturated rings. The summed E-state index contributed by atoms with van der Waals surface area (Å²) in [6.07, 6.45) is 6.47. The van der Waals surface area contributed by atoms with Gasteiger partial charge in [0, 0.05) is 17.1 Å². The average Bonchev–Trinajstić information content (AvgIpc) is 2.38. The minimum Gasteiger partial charge on any atom is -0.384 e. The lowest BCUT2D eigenvalue weighted by molar-refractivity contribution is 0.252. The van der Waals surface area contributed by atoms with E-state index in [-0.39, 0.29) is 0 Å². The van der Waals surface area contributed by atoms with E-state index in [0.29, 0.717) is 22.6 Å². The van der Waals surface area contributed by atoms with Crippen LogP contribution in [0.25, 0.3) is 0 Å². The van der Waals surface area contributed by atoms with Crippen LogP contribution >= 0.6 is 11.8 Å². The molecule has 1 aliphatic carbocycles. The number of rotatable bonds is 5. The van der Waals surface area contributed by atoms with E-state index >= 15 is 0 Å². The van der Waals surface area contributed by atoms with E-state index in [2.05, 4.69) is 5.32 Å². The van der Waals surface area contributed by atoms with Crippen molar-refractivity contribution in [3.05, 3.63) is 24.3 Å². The number of alkyl halides is 2. The maximum Gasteiger partial charge on any atom is 0.288 e. The summed E-state index contributed by atoms with van der Waals surface area (Å²) in [6.45, 7) is 0.904. The molecule has 0 radical (unpaired) electrons. The highest BCUT2D eigenvalue weighted by molar-refractivity contribution is 7.99. The van der Waals surface area contributed by atoms with Crippen molar-refractivity contribution in [2.75, 3.05) is 11.9 Å². The molecule has 18 heavy (non-hydrogen) atoms. The van der Waals surface area contributed by atoms with E-state index in [1.807, 2.05) is 12.1 Å². The number of para-hydroxylation sites is 1. The molecule has 0 unspecified atom stereocenters. The van der Waals surface area contributed by atoms with Crippen molar-refractivity contribution in [1.29, 1.82) is 0 Å². The summed E-state index contributed by atoms with van der Waals surface area (Å²) in [7, 11) is 0. The third kappa shape index (κ3) is 4.16. The first-order valence-electron chi connectivity index (χ1n) is 6.53. The van der Waals surface area contributed by atoms with Crippen molar-refractivity contribution in [2.24, 2.45) is 5.92 Å². The molecule has 100 valence electrons. The summed E-state index contributed by atoms with van der Waals surface area (Å²) in [6, 6.07) is 7.32. The van der Waals surface area contributed by atoms with Gasteiger partial charge in [0.25, 0.3) is 5.76 Å². The first-order valence-corrected chi connectivity index (χ1v) is 7.41. The van der Waals surface area contributed by atoms with Crippen LogP contribution in [-0.2, 0) is 0 Å². The topological polar surface area (TPSA) is 12.0 Å². The Bertz CT molecular complexity index is 365. The molecule has 2 rings (SSSR count). The largest absolute Gasteiger partial charge is 0.384 e. The number of benzene rings is 1. The summed E-state index contributed by atoms with van der Waals surface area (Å²) in [5.41, 5.74) is 0.841. The lowest BCUT2D eigenvalue weighted by atomic mass is 9.89. The fraction of sp³-hybridized carbons (Fsp3) is 0.571. The van der Waals surface area contributed by atoms with Gasteiger partial charge < -0.3 is 5.32 Å². The minimum absolute atomic E-state index is 0.616. The molecule has 0 heterocycles. The predicted octanol–water partition coefficient (Wildman–Crippen LogP) is 4.99. The third-order valence-electron chi connectivity index (χ3n) is 3.41. The molecule has 1 saturated carbocycles. The molecule has 0 aromatic heterocycles. The predicted molar refractivity (Wildman–Crippen MR) is 73.4 cm³/mol. The average molecular weight is 271 g/mol. The second kappa shape index (κ2) is 6.98. The van der Waals surface area contributed by atoms with E-state index in [1.54, 1.807) is 12.1 Å². The van der Waals surface area contributed by atoms with Crippen molar-refractivity contribution in [2.45, 2.75) is 42.8 Å². The van der Waals surface area contributed by atoms with E-state index in [9.17, 15) is 8.78 Å². The lowest BCUT2D eigenvalue weighted by Gasteiger charge is -2.23. The molecule has 0 spiro atoms. The van der Waals surface area contributed by atoms with Gasteiger partial charge in [-0.1, -0.05) is 43.2 Å². The van der Waals surface area contributed by atoms with Gasteiger partial charge in [0.15, 0.2) is 0 Å². The van der Waals surface area contributed by atoms with Crippen molar-refractivity contribution < 1.29 is 8.78 Å². The van der Waals surface area contributed by atoms with E-state index < -0.39 is 5.76 Å². The highest BCUT2D eigenvalue weighted by atomic mass is 32.2. The Morgan fingerprint density at radius 1 is 1.17 bits per heavy atom. The molecule has 0 atom stereocenters. The first kappa shape index (κ1) is 13.7. The molecule has 0 amide bonds. The van der Waals surface area contributed by atoms with Gasteiger partial charge in [0.1, 0.15) is 0 Å². The van der Waals surface area contributed by atoms with Gasteiger partial charge >= 0.3 is 0 Å². The molecule has 4 heteroatoms. The smallest absolute Gasteiger partial charge is 0.288 e. The zero-order chi connectivity index (χ0) is 12.8. The second-order valence-electron chi connectivity index (χ2n) is 4.76. The second-order valence-corrected chi connectivity index (χ2v) is 5.79. The molecular weight excluding hydrogens is 252 g/mol. The Morgan fingerprint density at radius 3 is 2.61 bits per heavy atom. The van der Waals surface area contributed by atoms with Gasteiger partial charge in [-0.2, -0.15) is 8.78 Å². The zero-order valence-electron chi connectivity index (χ0n) is 10.4. The van der Waals surface area contributed by atoms with Crippen LogP contribution in [0.1, 0.15) is 32.1 Å². The Kier molecular flexibility index (Phi) is 5.29. The van der Waals surface area contributed by atoms with Crippen molar-refractivity contribution in [3.63, 3.8) is 0 Å². The summed E-state index contributed by atoms with van der Waals surface area (Å²) in [5.74, 6) is -1.66. The number of hydrogen-bond donors (Lipinski definition) is 1. The van der Waals surface area contributed by atoms with Crippen LogP contribution in [0.2, 0.25) is 0 Å². The number of nitrogens with one attached hydrogen (secondary N) is 1. The molecule has 0 aliphatic heterocycles. The van der Waals surface area contributed by atoms with E-state index in [0.717, 1.165) is 12.2 Å². The van der Waals surface area contributed by atoms with Gasteiger partial charge in [-0.05, 0) is 30.9 Å². The van der Waals surface area contributed by atoms with E-state index in [1.165, 1.54) is 32.1 Å². The van der Waals surface area contributed by atoms with Crippen molar-refractivity contribution in [1.82, 2.24) is 0 Å². The van der Waals surface area contributed by atoms with E-state index in [4.69, 9.17) is 0 Å². The highest BCUT2D eigenvalue weighted by Crippen LogP contribution is 2.32. The zero-order valence-corrected chi connectivity index (χ0v) is 11.2. The summed E-state index contributed by atoms with van der Waals surface area (Å²) >= 11 is 0.616. The maximum absolute atomic E-state index is 12.4. The highest BCUT2D eigenvalue weighted by Gasteiger charge is 2.14. The van der Waals surface area contributed by atoms with Crippen LogP contribution in [0.5, 0.6) is 0 Å². The monoisotopic (exact) mass is 271 g/mol. The molecule has 1 aromatic rings. The Labute approximate surface area is 111 Å². The molecule has 0 bridgehead atoms. The number of thioether (sulfide) groups is 1. The van der Waals surface area contributed by atoms with Crippen LogP contribution in [0.4, 0.5) is 14.5 Å². The number of anilines is 1. The van der Waals surface area contributed by atoms with Crippen LogP contribution in [0, 0.1) is 5.92 Å². The van der Waals surface area contributed by atoms with Gasteiger partial charge in [0.05, 0.1) is 0 Å². The number of halogens is 2. The first-order chi connectivity index (χ1) is 8.75. The summed E-state index contributed by atoms with van der Waals surface area (Å²) < 4.78 is 24.9. The Hall–Kier alpha value is -0.770. The third-order valence-corrected chi connectivity index (χ3v) is 4.20. The molecule has 1 N–H and O–H groups in total. The maximum atomic E-state index is 12.4. The van der Waals surface area contributed by atoms with Gasteiger partial charge in [-0.25, -0.2) is 0 Å². The quantitative estimate of drug-likeness (QED) is 0.757. The van der Waals surface area contributed by atoms with Crippen LogP contribution in [0.3, 0.4) is 0 Å². The SMILES string of the molecule is FC(F)Sc1ccccc1NCC1CCCCC1. The fourth-order valence-electron chi connectivity index (χ4n) is 2.46. The lowest BCUT2D eigenvalue weighted by Crippen LogP contribution is -2.17. The normalized spacial score (nSPS) is 17.1. The minimum atomic E-state index is -2.36. The van der Waals surface area contributed by atoms with Crippen LogP contribution < -0.4 is 5.32 Å². The molecular formula is C14H19F2NS. The summed E-state index contributed by atoms with van der Waals surface area (Å²) in [5, 5.41) is 3.33. The summed E-state index contributed by atoms with van der Waals surface area (Å²) in [4.78, 5) is 0.642. The number of hydrogen-bond acceptors (Lipinski definition) is 2. The fourth-order valence-corrected chi connectivity index (χ4v) is 3.07. The van der Waals surface area contributed by atoms with Crippen LogP contribution in [0.15, 0.2) is 29.2 Å². The molecule has 1 aliphatic rings. The Balaban J connectivity index is 1.91. The molecule has 1 nitrogen and oxygen atoms in total. The molecule has 0 saturated heterocycles. The van der Waals surface area contributed by atoms with Crippen LogP contribution in [-0.4, -0.2) is 12.3 Å². The standard InChI is InChI=1S/C14H19F2NS/c15-14(16)18-13-9-5-4-8-12(13)17-10-11-6-2-1-3-7-11/h4-5,8-9,11,14,17H,1-3,6-7,10H2. The Morgan fingerprint density at radius 2 is 1.89 bits per heavy atom. The van der Waals surface area contributed by atoms with Crippen molar-refractivity contribution >= 4 is 17.4 Å². The molecule has 1 aromatic carbocycles.